The van der Waals surface area contributed by atoms with Crippen molar-refractivity contribution in [1.82, 2.24) is 5.32 Å². The molecule has 3 heteroatoms. The summed E-state index contributed by atoms with van der Waals surface area (Å²) in [6.45, 7) is 6.17. The zero-order valence-electron chi connectivity index (χ0n) is 12.1. The summed E-state index contributed by atoms with van der Waals surface area (Å²) in [5.74, 6) is 1.06. The molecular formula is C17H21NOS. The standard InChI is InChI=1S/C17H21NOS/c1-3-14-6-8-16(20-14)17(18-4-2)13-5-7-15-12(11-13)9-10-19-15/h5-8,11,17-18H,3-4,9-10H2,1-2H3. The number of aryl methyl sites for hydroxylation is 1. The van der Waals surface area contributed by atoms with Gasteiger partial charge in [0.05, 0.1) is 12.6 Å². The summed E-state index contributed by atoms with van der Waals surface area (Å²) in [6, 6.07) is 11.4. The van der Waals surface area contributed by atoms with E-state index in [9.17, 15) is 0 Å². The van der Waals surface area contributed by atoms with Gasteiger partial charge in [0.15, 0.2) is 0 Å². The van der Waals surface area contributed by atoms with Crippen LogP contribution < -0.4 is 10.1 Å². The van der Waals surface area contributed by atoms with Crippen LogP contribution in [0.2, 0.25) is 0 Å². The molecule has 1 aliphatic rings. The molecule has 1 atom stereocenters. The normalized spacial score (nSPS) is 14.9. The van der Waals surface area contributed by atoms with Gasteiger partial charge in [-0.2, -0.15) is 0 Å². The minimum atomic E-state index is 0.302. The first kappa shape index (κ1) is 13.7. The second kappa shape index (κ2) is 5.98. The van der Waals surface area contributed by atoms with Crippen LogP contribution in [0.1, 0.15) is 40.8 Å². The number of fused-ring (bicyclic) bond motifs is 1. The van der Waals surface area contributed by atoms with E-state index < -0.39 is 0 Å². The summed E-state index contributed by atoms with van der Waals surface area (Å²) < 4.78 is 5.60. The van der Waals surface area contributed by atoms with E-state index in [-0.39, 0.29) is 0 Å². The molecule has 3 rings (SSSR count). The van der Waals surface area contributed by atoms with Gasteiger partial charge in [-0.15, -0.1) is 11.3 Å². The SMILES string of the molecule is CCNC(c1ccc2c(c1)CCO2)c1ccc(CC)s1. The lowest BCUT2D eigenvalue weighted by atomic mass is 10.0. The van der Waals surface area contributed by atoms with Crippen molar-refractivity contribution in [2.24, 2.45) is 0 Å². The fourth-order valence-electron chi connectivity index (χ4n) is 2.71. The Balaban J connectivity index is 1.93. The molecule has 2 heterocycles. The first-order chi connectivity index (χ1) is 9.81. The van der Waals surface area contributed by atoms with Gasteiger partial charge in [0.2, 0.25) is 0 Å². The van der Waals surface area contributed by atoms with Gasteiger partial charge in [-0.3, -0.25) is 0 Å². The summed E-state index contributed by atoms with van der Waals surface area (Å²) in [4.78, 5) is 2.86. The molecule has 20 heavy (non-hydrogen) atoms. The molecule has 0 amide bonds. The van der Waals surface area contributed by atoms with E-state index in [0.717, 1.165) is 31.7 Å². The van der Waals surface area contributed by atoms with Crippen LogP contribution in [0.3, 0.4) is 0 Å². The predicted octanol–water partition coefficient (Wildman–Crippen LogP) is 3.94. The lowest BCUT2D eigenvalue weighted by Gasteiger charge is -2.17. The molecule has 0 aliphatic carbocycles. The van der Waals surface area contributed by atoms with Crippen molar-refractivity contribution in [1.29, 1.82) is 0 Å². The highest BCUT2D eigenvalue weighted by Gasteiger charge is 2.19. The molecular weight excluding hydrogens is 266 g/mol. The predicted molar refractivity (Wildman–Crippen MR) is 84.9 cm³/mol. The molecule has 1 N–H and O–H groups in total. The number of rotatable bonds is 5. The van der Waals surface area contributed by atoms with Crippen molar-refractivity contribution in [3.05, 3.63) is 51.2 Å². The van der Waals surface area contributed by atoms with Gasteiger partial charge in [0, 0.05) is 16.2 Å². The highest BCUT2D eigenvalue weighted by molar-refractivity contribution is 7.12. The number of nitrogens with one attached hydrogen (secondary N) is 1. The third-order valence-corrected chi connectivity index (χ3v) is 5.06. The van der Waals surface area contributed by atoms with Gasteiger partial charge in [0.1, 0.15) is 5.75 Å². The molecule has 1 aliphatic heterocycles. The molecule has 1 aromatic heterocycles. The fourth-order valence-corrected chi connectivity index (χ4v) is 3.77. The van der Waals surface area contributed by atoms with Crippen molar-refractivity contribution in [3.63, 3.8) is 0 Å². The van der Waals surface area contributed by atoms with Crippen molar-refractivity contribution in [2.75, 3.05) is 13.2 Å². The lowest BCUT2D eigenvalue weighted by molar-refractivity contribution is 0.357. The van der Waals surface area contributed by atoms with E-state index in [2.05, 4.69) is 49.5 Å². The lowest BCUT2D eigenvalue weighted by Crippen LogP contribution is -2.21. The van der Waals surface area contributed by atoms with Crippen LogP contribution >= 0.6 is 11.3 Å². The minimum absolute atomic E-state index is 0.302. The topological polar surface area (TPSA) is 21.3 Å². The Bertz CT molecular complexity index is 590. The van der Waals surface area contributed by atoms with E-state index >= 15 is 0 Å². The molecule has 0 spiro atoms. The summed E-state index contributed by atoms with van der Waals surface area (Å²) in [5, 5.41) is 3.61. The van der Waals surface area contributed by atoms with E-state index in [1.165, 1.54) is 20.9 Å². The maximum Gasteiger partial charge on any atom is 0.122 e. The monoisotopic (exact) mass is 287 g/mol. The summed E-state index contributed by atoms with van der Waals surface area (Å²) in [7, 11) is 0. The highest BCUT2D eigenvalue weighted by atomic mass is 32.1. The number of ether oxygens (including phenoxy) is 1. The molecule has 0 saturated carbocycles. The maximum atomic E-state index is 5.60. The van der Waals surface area contributed by atoms with E-state index in [1.807, 2.05) is 11.3 Å². The van der Waals surface area contributed by atoms with Gasteiger partial charge in [-0.05, 0) is 42.3 Å². The Hall–Kier alpha value is -1.32. The zero-order chi connectivity index (χ0) is 13.9. The van der Waals surface area contributed by atoms with Crippen LogP contribution in [0.5, 0.6) is 5.75 Å². The molecule has 0 radical (unpaired) electrons. The van der Waals surface area contributed by atoms with Crippen molar-refractivity contribution in [3.8, 4) is 5.75 Å². The van der Waals surface area contributed by atoms with Gasteiger partial charge in [-0.25, -0.2) is 0 Å². The van der Waals surface area contributed by atoms with Crippen LogP contribution in [0.25, 0.3) is 0 Å². The highest BCUT2D eigenvalue weighted by Crippen LogP contribution is 2.33. The van der Waals surface area contributed by atoms with Crippen molar-refractivity contribution in [2.45, 2.75) is 32.7 Å². The Labute approximate surface area is 124 Å². The number of thiophene rings is 1. The average Bonchev–Trinajstić information content (AvgIpc) is 3.12. The Morgan fingerprint density at radius 1 is 1.25 bits per heavy atom. The smallest absolute Gasteiger partial charge is 0.122 e. The number of hydrogen-bond acceptors (Lipinski definition) is 3. The third kappa shape index (κ3) is 2.60. The third-order valence-electron chi connectivity index (χ3n) is 3.77. The van der Waals surface area contributed by atoms with Crippen LogP contribution in [0, 0.1) is 0 Å². The number of benzene rings is 1. The van der Waals surface area contributed by atoms with Crippen molar-refractivity contribution >= 4 is 11.3 Å². The first-order valence-corrected chi connectivity index (χ1v) is 8.21. The van der Waals surface area contributed by atoms with Crippen LogP contribution in [0.4, 0.5) is 0 Å². The summed E-state index contributed by atoms with van der Waals surface area (Å²) in [6.07, 6.45) is 2.15. The van der Waals surface area contributed by atoms with Crippen LogP contribution in [0.15, 0.2) is 30.3 Å². The van der Waals surface area contributed by atoms with Gasteiger partial charge in [-0.1, -0.05) is 26.0 Å². The van der Waals surface area contributed by atoms with E-state index in [0.29, 0.717) is 6.04 Å². The fraction of sp³-hybridized carbons (Fsp3) is 0.412. The molecule has 2 nitrogen and oxygen atoms in total. The maximum absolute atomic E-state index is 5.60. The molecule has 106 valence electrons. The van der Waals surface area contributed by atoms with Gasteiger partial charge < -0.3 is 10.1 Å². The van der Waals surface area contributed by atoms with E-state index in [1.54, 1.807) is 0 Å². The largest absolute Gasteiger partial charge is 0.493 e. The van der Waals surface area contributed by atoms with Crippen LogP contribution in [-0.2, 0) is 12.8 Å². The summed E-state index contributed by atoms with van der Waals surface area (Å²) >= 11 is 1.92. The van der Waals surface area contributed by atoms with E-state index in [4.69, 9.17) is 4.74 Å². The first-order valence-electron chi connectivity index (χ1n) is 7.39. The second-order valence-electron chi connectivity index (χ2n) is 5.11. The van der Waals surface area contributed by atoms with Crippen molar-refractivity contribution < 1.29 is 4.74 Å². The van der Waals surface area contributed by atoms with Gasteiger partial charge in [0.25, 0.3) is 0 Å². The minimum Gasteiger partial charge on any atom is -0.493 e. The van der Waals surface area contributed by atoms with Gasteiger partial charge >= 0.3 is 0 Å². The number of hydrogen-bond donors (Lipinski definition) is 1. The Morgan fingerprint density at radius 2 is 2.15 bits per heavy atom. The average molecular weight is 287 g/mol. The molecule has 0 fully saturated rings. The quantitative estimate of drug-likeness (QED) is 0.899. The molecule has 0 bridgehead atoms. The molecule has 0 saturated heterocycles. The Morgan fingerprint density at radius 3 is 2.90 bits per heavy atom. The summed E-state index contributed by atoms with van der Waals surface area (Å²) in [5.41, 5.74) is 2.69. The second-order valence-corrected chi connectivity index (χ2v) is 6.31. The molecule has 1 aromatic carbocycles. The zero-order valence-corrected chi connectivity index (χ0v) is 12.9. The Kier molecular flexibility index (Phi) is 4.08. The molecule has 1 unspecified atom stereocenters. The molecule has 2 aromatic rings. The van der Waals surface area contributed by atoms with Crippen LogP contribution in [-0.4, -0.2) is 13.2 Å².